The topological polar surface area (TPSA) is 59.6 Å². The Balaban J connectivity index is 1.67. The molecule has 2 aromatic carbocycles. The average Bonchev–Trinajstić information content (AvgIpc) is 2.60. The standard InChI is InChI=1S/C20H26N2O3/c1-4-16-5-9-18(10-6-16)24-14-13-21-20(23)22-17-7-11-19(12-8-17)25-15(2)3/h5-12,15H,4,13-14H2,1-3H3,(H2,21,22,23). The van der Waals surface area contributed by atoms with Crippen molar-refractivity contribution in [2.75, 3.05) is 18.5 Å². The van der Waals surface area contributed by atoms with E-state index in [1.807, 2.05) is 62.4 Å². The third-order valence-electron chi connectivity index (χ3n) is 3.47. The molecule has 0 unspecified atom stereocenters. The Morgan fingerprint density at radius 1 is 1.00 bits per heavy atom. The Bertz CT molecular complexity index is 652. The Labute approximate surface area is 149 Å². The number of ether oxygens (including phenoxy) is 2. The van der Waals surface area contributed by atoms with Gasteiger partial charge in [0.05, 0.1) is 12.6 Å². The molecule has 0 spiro atoms. The maximum atomic E-state index is 11.9. The van der Waals surface area contributed by atoms with Gasteiger partial charge in [-0.15, -0.1) is 0 Å². The van der Waals surface area contributed by atoms with E-state index >= 15 is 0 Å². The molecule has 2 N–H and O–H groups in total. The minimum absolute atomic E-state index is 0.125. The highest BCUT2D eigenvalue weighted by molar-refractivity contribution is 5.89. The number of carbonyl (C=O) groups is 1. The molecule has 0 saturated heterocycles. The molecule has 0 saturated carbocycles. The highest BCUT2D eigenvalue weighted by Gasteiger charge is 2.03. The third kappa shape index (κ3) is 6.75. The van der Waals surface area contributed by atoms with E-state index in [2.05, 4.69) is 17.6 Å². The molecule has 2 rings (SSSR count). The van der Waals surface area contributed by atoms with Crippen molar-refractivity contribution in [3.63, 3.8) is 0 Å². The first kappa shape index (κ1) is 18.6. The van der Waals surface area contributed by atoms with Crippen LogP contribution in [0.15, 0.2) is 48.5 Å². The first-order chi connectivity index (χ1) is 12.1. The number of aryl methyl sites for hydroxylation is 1. The summed E-state index contributed by atoms with van der Waals surface area (Å²) in [5.41, 5.74) is 1.99. The first-order valence-electron chi connectivity index (χ1n) is 8.60. The fourth-order valence-electron chi connectivity index (χ4n) is 2.22. The van der Waals surface area contributed by atoms with E-state index < -0.39 is 0 Å². The van der Waals surface area contributed by atoms with Crippen LogP contribution in [0.25, 0.3) is 0 Å². The summed E-state index contributed by atoms with van der Waals surface area (Å²) in [7, 11) is 0. The summed E-state index contributed by atoms with van der Waals surface area (Å²) in [5.74, 6) is 1.59. The van der Waals surface area contributed by atoms with Gasteiger partial charge in [0.15, 0.2) is 0 Å². The highest BCUT2D eigenvalue weighted by atomic mass is 16.5. The van der Waals surface area contributed by atoms with Gasteiger partial charge in [-0.1, -0.05) is 19.1 Å². The van der Waals surface area contributed by atoms with Crippen LogP contribution >= 0.6 is 0 Å². The van der Waals surface area contributed by atoms with Crippen LogP contribution in [0.4, 0.5) is 10.5 Å². The van der Waals surface area contributed by atoms with Gasteiger partial charge >= 0.3 is 6.03 Å². The predicted molar refractivity (Wildman–Crippen MR) is 101 cm³/mol. The van der Waals surface area contributed by atoms with Crippen molar-refractivity contribution in [3.8, 4) is 11.5 Å². The summed E-state index contributed by atoms with van der Waals surface area (Å²) in [4.78, 5) is 11.9. The van der Waals surface area contributed by atoms with Crippen molar-refractivity contribution in [1.82, 2.24) is 5.32 Å². The van der Waals surface area contributed by atoms with Gasteiger partial charge in [-0.2, -0.15) is 0 Å². The molecule has 0 aromatic heterocycles. The zero-order valence-corrected chi connectivity index (χ0v) is 15.0. The number of hydrogen-bond acceptors (Lipinski definition) is 3. The smallest absolute Gasteiger partial charge is 0.319 e. The lowest BCUT2D eigenvalue weighted by atomic mass is 10.2. The summed E-state index contributed by atoms with van der Waals surface area (Å²) in [6.45, 7) is 6.90. The molecule has 0 aliphatic carbocycles. The highest BCUT2D eigenvalue weighted by Crippen LogP contribution is 2.16. The summed E-state index contributed by atoms with van der Waals surface area (Å²) < 4.78 is 11.2. The monoisotopic (exact) mass is 342 g/mol. The number of anilines is 1. The van der Waals surface area contributed by atoms with Crippen molar-refractivity contribution < 1.29 is 14.3 Å². The summed E-state index contributed by atoms with van der Waals surface area (Å²) in [6, 6.07) is 15.0. The number of rotatable bonds is 8. The molecule has 0 radical (unpaired) electrons. The maximum absolute atomic E-state index is 11.9. The molecule has 25 heavy (non-hydrogen) atoms. The SMILES string of the molecule is CCc1ccc(OCCNC(=O)Nc2ccc(OC(C)C)cc2)cc1. The first-order valence-corrected chi connectivity index (χ1v) is 8.60. The van der Waals surface area contributed by atoms with Crippen molar-refractivity contribution >= 4 is 11.7 Å². The third-order valence-corrected chi connectivity index (χ3v) is 3.47. The van der Waals surface area contributed by atoms with E-state index in [-0.39, 0.29) is 12.1 Å². The normalized spacial score (nSPS) is 10.4. The molecule has 0 aliphatic rings. The number of benzene rings is 2. The Hall–Kier alpha value is -2.69. The van der Waals surface area contributed by atoms with Crippen LogP contribution in [0.1, 0.15) is 26.3 Å². The van der Waals surface area contributed by atoms with Gasteiger partial charge in [0.1, 0.15) is 18.1 Å². The lowest BCUT2D eigenvalue weighted by Crippen LogP contribution is -2.32. The zero-order valence-electron chi connectivity index (χ0n) is 15.0. The molecule has 0 fully saturated rings. The number of amides is 2. The molecule has 2 aromatic rings. The molecule has 0 bridgehead atoms. The number of carbonyl (C=O) groups excluding carboxylic acids is 1. The quantitative estimate of drug-likeness (QED) is 0.706. The van der Waals surface area contributed by atoms with Gasteiger partial charge in [0, 0.05) is 5.69 Å². The zero-order chi connectivity index (χ0) is 18.1. The van der Waals surface area contributed by atoms with Crippen LogP contribution in [0, 0.1) is 0 Å². The molecule has 5 nitrogen and oxygen atoms in total. The molecule has 0 atom stereocenters. The lowest BCUT2D eigenvalue weighted by Gasteiger charge is -2.11. The van der Waals surface area contributed by atoms with Gasteiger partial charge in [-0.05, 0) is 62.2 Å². The predicted octanol–water partition coefficient (Wildman–Crippen LogP) is 4.24. The molecule has 5 heteroatoms. The van der Waals surface area contributed by atoms with Gasteiger partial charge < -0.3 is 20.1 Å². The van der Waals surface area contributed by atoms with Crippen LogP contribution < -0.4 is 20.1 Å². The molecule has 2 amide bonds. The van der Waals surface area contributed by atoms with E-state index in [4.69, 9.17) is 9.47 Å². The van der Waals surface area contributed by atoms with E-state index in [0.717, 1.165) is 17.9 Å². The fraction of sp³-hybridized carbons (Fsp3) is 0.350. The van der Waals surface area contributed by atoms with Crippen LogP contribution in [-0.4, -0.2) is 25.3 Å². The average molecular weight is 342 g/mol. The Morgan fingerprint density at radius 2 is 1.64 bits per heavy atom. The molecule has 0 aliphatic heterocycles. The lowest BCUT2D eigenvalue weighted by molar-refractivity contribution is 0.242. The largest absolute Gasteiger partial charge is 0.492 e. The van der Waals surface area contributed by atoms with Crippen LogP contribution in [0.3, 0.4) is 0 Å². The summed E-state index contributed by atoms with van der Waals surface area (Å²) in [5, 5.41) is 5.54. The summed E-state index contributed by atoms with van der Waals surface area (Å²) in [6.07, 6.45) is 1.13. The van der Waals surface area contributed by atoms with Gasteiger partial charge in [-0.3, -0.25) is 0 Å². The van der Waals surface area contributed by atoms with Crippen LogP contribution in [0.5, 0.6) is 11.5 Å². The van der Waals surface area contributed by atoms with Gasteiger partial charge in [-0.25, -0.2) is 4.79 Å². The van der Waals surface area contributed by atoms with E-state index in [9.17, 15) is 4.79 Å². The Kier molecular flexibility index (Phi) is 7.14. The van der Waals surface area contributed by atoms with Crippen LogP contribution in [-0.2, 0) is 6.42 Å². The second-order valence-electron chi connectivity index (χ2n) is 5.92. The van der Waals surface area contributed by atoms with Crippen molar-refractivity contribution in [2.24, 2.45) is 0 Å². The van der Waals surface area contributed by atoms with Crippen LogP contribution in [0.2, 0.25) is 0 Å². The van der Waals surface area contributed by atoms with Crippen molar-refractivity contribution in [1.29, 1.82) is 0 Å². The number of hydrogen-bond donors (Lipinski definition) is 2. The van der Waals surface area contributed by atoms with E-state index in [0.29, 0.717) is 18.8 Å². The second kappa shape index (κ2) is 9.57. The molecule has 0 heterocycles. The fourth-order valence-corrected chi connectivity index (χ4v) is 2.22. The van der Waals surface area contributed by atoms with Gasteiger partial charge in [0.25, 0.3) is 0 Å². The minimum Gasteiger partial charge on any atom is -0.492 e. The summed E-state index contributed by atoms with van der Waals surface area (Å²) >= 11 is 0. The second-order valence-corrected chi connectivity index (χ2v) is 5.92. The maximum Gasteiger partial charge on any atom is 0.319 e. The molecule has 134 valence electrons. The van der Waals surface area contributed by atoms with Gasteiger partial charge in [0.2, 0.25) is 0 Å². The number of nitrogens with one attached hydrogen (secondary N) is 2. The van der Waals surface area contributed by atoms with E-state index in [1.54, 1.807) is 0 Å². The molecular formula is C20H26N2O3. The van der Waals surface area contributed by atoms with Crippen molar-refractivity contribution in [3.05, 3.63) is 54.1 Å². The van der Waals surface area contributed by atoms with Crippen molar-refractivity contribution in [2.45, 2.75) is 33.3 Å². The van der Waals surface area contributed by atoms with E-state index in [1.165, 1.54) is 5.56 Å². The minimum atomic E-state index is -0.262. The molecular weight excluding hydrogens is 316 g/mol. The Morgan fingerprint density at radius 3 is 2.24 bits per heavy atom. The number of urea groups is 1.